The summed E-state index contributed by atoms with van der Waals surface area (Å²) in [6.45, 7) is 11.1. The minimum Gasteiger partial charge on any atom is -0.249 e. The van der Waals surface area contributed by atoms with Gasteiger partial charge in [0.05, 0.1) is 15.7 Å². The summed E-state index contributed by atoms with van der Waals surface area (Å²) in [6, 6.07) is 0. The normalized spacial score (nSPS) is 12.9. The molecule has 0 aliphatic heterocycles. The summed E-state index contributed by atoms with van der Waals surface area (Å²) in [5, 5.41) is 6.63. The molecule has 18 heavy (non-hydrogen) atoms. The van der Waals surface area contributed by atoms with E-state index in [4.69, 9.17) is 4.98 Å². The number of thiazole rings is 2. The molecule has 0 aliphatic carbocycles. The number of aromatic nitrogens is 2. The van der Waals surface area contributed by atoms with E-state index in [9.17, 15) is 0 Å². The number of rotatable bonds is 3. The van der Waals surface area contributed by atoms with E-state index in [1.165, 1.54) is 15.7 Å². The van der Waals surface area contributed by atoms with Crippen LogP contribution >= 0.6 is 22.7 Å². The summed E-state index contributed by atoms with van der Waals surface area (Å²) in [5.41, 5.74) is 1.40. The maximum absolute atomic E-state index is 4.77. The third kappa shape index (κ3) is 2.98. The molecule has 0 atom stereocenters. The average Bonchev–Trinajstić information content (AvgIpc) is 2.83. The smallest absolute Gasteiger partial charge is 0.0985 e. The largest absolute Gasteiger partial charge is 0.249 e. The molecule has 2 aromatic heterocycles. The molecule has 2 nitrogen and oxygen atoms in total. The van der Waals surface area contributed by atoms with Crippen LogP contribution in [0.15, 0.2) is 17.0 Å². The molecule has 0 saturated carbocycles. The topological polar surface area (TPSA) is 25.8 Å². The Bertz CT molecular complexity index is 504. The van der Waals surface area contributed by atoms with Gasteiger partial charge in [-0.3, -0.25) is 0 Å². The van der Waals surface area contributed by atoms with Crippen molar-refractivity contribution in [2.24, 2.45) is 0 Å². The van der Waals surface area contributed by atoms with Crippen molar-refractivity contribution < 1.29 is 0 Å². The first-order chi connectivity index (χ1) is 8.29. The lowest BCUT2D eigenvalue weighted by molar-refractivity contribution is 0.512. The summed E-state index contributed by atoms with van der Waals surface area (Å²) in [5.74, 6) is 0. The van der Waals surface area contributed by atoms with Crippen LogP contribution in [-0.2, 0) is 17.3 Å². The quantitative estimate of drug-likeness (QED) is 0.832. The van der Waals surface area contributed by atoms with Gasteiger partial charge in [-0.25, -0.2) is 9.97 Å². The Kier molecular flexibility index (Phi) is 3.60. The molecular weight excluding hydrogens is 260 g/mol. The molecular formula is C14H20N2S2. The lowest BCUT2D eigenvalue weighted by Gasteiger charge is -2.20. The van der Waals surface area contributed by atoms with Gasteiger partial charge in [0.15, 0.2) is 0 Å². The lowest BCUT2D eigenvalue weighted by atomic mass is 9.90. The van der Waals surface area contributed by atoms with Crippen LogP contribution in [0, 0.1) is 0 Å². The van der Waals surface area contributed by atoms with Crippen LogP contribution in [0.2, 0.25) is 0 Å². The first-order valence-corrected chi connectivity index (χ1v) is 7.90. The summed E-state index contributed by atoms with van der Waals surface area (Å²) >= 11 is 3.49. The highest BCUT2D eigenvalue weighted by Crippen LogP contribution is 2.32. The van der Waals surface area contributed by atoms with Crippen molar-refractivity contribution in [2.45, 2.75) is 51.9 Å². The van der Waals surface area contributed by atoms with Crippen molar-refractivity contribution in [1.29, 1.82) is 0 Å². The SMILES string of the molecule is CC(C)(C)c1csc(CC(C)(C)c2nccs2)n1. The van der Waals surface area contributed by atoms with Gasteiger partial charge in [-0.15, -0.1) is 22.7 Å². The second-order valence-electron chi connectivity index (χ2n) is 6.27. The zero-order chi connectivity index (χ0) is 13.4. The van der Waals surface area contributed by atoms with Crippen LogP contribution < -0.4 is 0 Å². The second-order valence-corrected chi connectivity index (χ2v) is 8.11. The van der Waals surface area contributed by atoms with E-state index in [0.29, 0.717) is 0 Å². The third-order valence-corrected chi connectivity index (χ3v) is 4.91. The highest BCUT2D eigenvalue weighted by molar-refractivity contribution is 7.10. The maximum Gasteiger partial charge on any atom is 0.0985 e. The number of hydrogen-bond acceptors (Lipinski definition) is 4. The minimum atomic E-state index is 0.0706. The summed E-state index contributed by atoms with van der Waals surface area (Å²) in [4.78, 5) is 9.21. The Morgan fingerprint density at radius 1 is 1.11 bits per heavy atom. The van der Waals surface area contributed by atoms with Crippen LogP contribution in [0.25, 0.3) is 0 Å². The van der Waals surface area contributed by atoms with Gasteiger partial charge in [0.1, 0.15) is 0 Å². The maximum atomic E-state index is 4.77. The van der Waals surface area contributed by atoms with Crippen molar-refractivity contribution >= 4 is 22.7 Å². The average molecular weight is 280 g/mol. The molecule has 0 radical (unpaired) electrons. The van der Waals surface area contributed by atoms with Gasteiger partial charge < -0.3 is 0 Å². The van der Waals surface area contributed by atoms with Crippen LogP contribution in [0.1, 0.15) is 50.3 Å². The molecule has 0 spiro atoms. The van der Waals surface area contributed by atoms with Gasteiger partial charge in [-0.1, -0.05) is 34.6 Å². The fraction of sp³-hybridized carbons (Fsp3) is 0.571. The van der Waals surface area contributed by atoms with Gasteiger partial charge in [0, 0.05) is 34.2 Å². The van der Waals surface area contributed by atoms with Crippen molar-refractivity contribution in [3.8, 4) is 0 Å². The predicted octanol–water partition coefficient (Wildman–Crippen LogP) is 4.42. The molecule has 98 valence electrons. The van der Waals surface area contributed by atoms with Crippen molar-refractivity contribution in [3.63, 3.8) is 0 Å². The van der Waals surface area contributed by atoms with E-state index in [1.807, 2.05) is 11.6 Å². The Morgan fingerprint density at radius 3 is 2.33 bits per heavy atom. The summed E-state index contributed by atoms with van der Waals surface area (Å²) < 4.78 is 0. The molecule has 2 heterocycles. The molecule has 0 unspecified atom stereocenters. The van der Waals surface area contributed by atoms with Crippen LogP contribution in [-0.4, -0.2) is 9.97 Å². The molecule has 0 aliphatic rings. The number of hydrogen-bond donors (Lipinski definition) is 0. The highest BCUT2D eigenvalue weighted by Gasteiger charge is 2.26. The zero-order valence-electron chi connectivity index (χ0n) is 11.7. The van der Waals surface area contributed by atoms with Crippen LogP contribution in [0.3, 0.4) is 0 Å². The predicted molar refractivity (Wildman–Crippen MR) is 79.7 cm³/mol. The number of nitrogens with zero attached hydrogens (tertiary/aromatic N) is 2. The van der Waals surface area contributed by atoms with Gasteiger partial charge >= 0.3 is 0 Å². The molecule has 0 aromatic carbocycles. The Morgan fingerprint density at radius 2 is 1.83 bits per heavy atom. The van der Waals surface area contributed by atoms with E-state index >= 15 is 0 Å². The molecule has 0 N–H and O–H groups in total. The third-order valence-electron chi connectivity index (χ3n) is 2.92. The van der Waals surface area contributed by atoms with E-state index in [1.54, 1.807) is 22.7 Å². The van der Waals surface area contributed by atoms with Crippen molar-refractivity contribution in [1.82, 2.24) is 9.97 Å². The Balaban J connectivity index is 2.17. The van der Waals surface area contributed by atoms with Gasteiger partial charge in [0.25, 0.3) is 0 Å². The Hall–Kier alpha value is -0.740. The first-order valence-electron chi connectivity index (χ1n) is 6.14. The van der Waals surface area contributed by atoms with E-state index in [-0.39, 0.29) is 10.8 Å². The van der Waals surface area contributed by atoms with Crippen LogP contribution in [0.5, 0.6) is 0 Å². The summed E-state index contributed by atoms with van der Waals surface area (Å²) in [7, 11) is 0. The lowest BCUT2D eigenvalue weighted by Crippen LogP contribution is -2.20. The van der Waals surface area contributed by atoms with E-state index in [0.717, 1.165) is 6.42 Å². The molecule has 4 heteroatoms. The van der Waals surface area contributed by atoms with E-state index in [2.05, 4.69) is 45.0 Å². The first kappa shape index (κ1) is 13.7. The van der Waals surface area contributed by atoms with E-state index < -0.39 is 0 Å². The standard InChI is InChI=1S/C14H20N2S2/c1-13(2,3)10-9-18-11(16-10)8-14(4,5)12-15-6-7-17-12/h6-7,9H,8H2,1-5H3. The van der Waals surface area contributed by atoms with Gasteiger partial charge in [-0.2, -0.15) is 0 Å². The highest BCUT2D eigenvalue weighted by atomic mass is 32.1. The zero-order valence-corrected chi connectivity index (χ0v) is 13.3. The van der Waals surface area contributed by atoms with Crippen molar-refractivity contribution in [3.05, 3.63) is 32.7 Å². The van der Waals surface area contributed by atoms with Crippen LogP contribution in [0.4, 0.5) is 0 Å². The van der Waals surface area contributed by atoms with Gasteiger partial charge in [0.2, 0.25) is 0 Å². The molecule has 0 fully saturated rings. The van der Waals surface area contributed by atoms with Crippen molar-refractivity contribution in [2.75, 3.05) is 0 Å². The monoisotopic (exact) mass is 280 g/mol. The fourth-order valence-electron chi connectivity index (χ4n) is 1.75. The second kappa shape index (κ2) is 4.74. The molecule has 0 amide bonds. The van der Waals surface area contributed by atoms with Gasteiger partial charge in [-0.05, 0) is 0 Å². The molecule has 2 rings (SSSR count). The molecule has 0 saturated heterocycles. The summed E-state index contributed by atoms with van der Waals surface area (Å²) in [6.07, 6.45) is 2.84. The molecule has 2 aromatic rings. The minimum absolute atomic E-state index is 0.0706. The molecule has 0 bridgehead atoms. The Labute approximate surface area is 117 Å². The fourth-order valence-corrected chi connectivity index (χ4v) is 3.76.